The molecule has 1 amide bonds. The van der Waals surface area contributed by atoms with E-state index in [-0.39, 0.29) is 17.3 Å². The second-order valence-corrected chi connectivity index (χ2v) is 6.53. The predicted octanol–water partition coefficient (Wildman–Crippen LogP) is 2.66. The summed E-state index contributed by atoms with van der Waals surface area (Å²) in [6.45, 7) is 1.88. The van der Waals surface area contributed by atoms with E-state index in [9.17, 15) is 14.9 Å². The third-order valence-corrected chi connectivity index (χ3v) is 4.33. The summed E-state index contributed by atoms with van der Waals surface area (Å²) in [5, 5.41) is 15.8. The van der Waals surface area contributed by atoms with Crippen molar-refractivity contribution < 1.29 is 9.72 Å². The Bertz CT molecular complexity index is 796. The maximum atomic E-state index is 11.8. The number of carbonyl (C=O) groups excluding carboxylic acids is 1. The number of hydrazone groups is 1. The van der Waals surface area contributed by atoms with Crippen LogP contribution in [0.4, 0.5) is 5.69 Å². The molecule has 25 heavy (non-hydrogen) atoms. The molecule has 0 bridgehead atoms. The monoisotopic (exact) mass is 377 g/mol. The molecular weight excluding hydrogens is 362 g/mol. The molecule has 0 spiro atoms. The highest BCUT2D eigenvalue weighted by atomic mass is 32.2. The largest absolute Gasteiger partial charge is 0.272 e. The number of nitro benzene ring substituents is 1. The maximum absolute atomic E-state index is 11.8. The van der Waals surface area contributed by atoms with Crippen LogP contribution in [0.3, 0.4) is 0 Å². The number of hydrogen-bond donors (Lipinski definition) is 1. The summed E-state index contributed by atoms with van der Waals surface area (Å²) >= 11 is 2.74. The molecule has 0 radical (unpaired) electrons. The lowest BCUT2D eigenvalue weighted by Gasteiger charge is -2.03. The van der Waals surface area contributed by atoms with Crippen LogP contribution in [0.1, 0.15) is 11.3 Å². The molecule has 130 valence electrons. The van der Waals surface area contributed by atoms with Crippen LogP contribution in [0, 0.1) is 17.0 Å². The second kappa shape index (κ2) is 9.14. The molecule has 0 saturated heterocycles. The summed E-state index contributed by atoms with van der Waals surface area (Å²) in [5.74, 6) is -0.159. The third kappa shape index (κ3) is 6.16. The molecule has 1 N–H and O–H groups in total. The highest BCUT2D eigenvalue weighted by molar-refractivity contribution is 8.00. The number of hydrogen-bond acceptors (Lipinski definition) is 8. The minimum absolute atomic E-state index is 0.000326. The molecule has 0 unspecified atom stereocenters. The van der Waals surface area contributed by atoms with Crippen LogP contribution in [-0.4, -0.2) is 39.0 Å². The van der Waals surface area contributed by atoms with Gasteiger partial charge < -0.3 is 0 Å². The number of non-ortho nitro benzene ring substituents is 1. The van der Waals surface area contributed by atoms with E-state index in [0.29, 0.717) is 10.7 Å². The first-order valence-corrected chi connectivity index (χ1v) is 9.28. The first-order chi connectivity index (χ1) is 12.0. The van der Waals surface area contributed by atoms with E-state index in [1.807, 2.05) is 19.2 Å². The smallest absolute Gasteiger partial charge is 0.269 e. The van der Waals surface area contributed by atoms with Crippen molar-refractivity contribution in [2.24, 2.45) is 5.10 Å². The van der Waals surface area contributed by atoms with Gasteiger partial charge in [0.1, 0.15) is 5.03 Å². The molecule has 2 aromatic rings. The fraction of sp³-hybridized carbons (Fsp3) is 0.200. The van der Waals surface area contributed by atoms with Crippen LogP contribution in [0.15, 0.2) is 45.6 Å². The van der Waals surface area contributed by atoms with Crippen LogP contribution in [0.25, 0.3) is 0 Å². The molecule has 0 aliphatic heterocycles. The Hall–Kier alpha value is -2.46. The van der Waals surface area contributed by atoms with Crippen LogP contribution < -0.4 is 5.43 Å². The zero-order chi connectivity index (χ0) is 18.2. The minimum Gasteiger partial charge on any atom is -0.272 e. The van der Waals surface area contributed by atoms with Crippen molar-refractivity contribution in [2.75, 3.05) is 12.0 Å². The van der Waals surface area contributed by atoms with Crippen LogP contribution in [0.2, 0.25) is 0 Å². The second-order valence-electron chi connectivity index (χ2n) is 4.76. The summed E-state index contributed by atoms with van der Waals surface area (Å²) in [5.41, 5.74) is 3.89. The van der Waals surface area contributed by atoms with Crippen LogP contribution in [0.5, 0.6) is 0 Å². The van der Waals surface area contributed by atoms with Crippen molar-refractivity contribution in [1.82, 2.24) is 15.4 Å². The normalized spacial score (nSPS) is 10.8. The van der Waals surface area contributed by atoms with E-state index < -0.39 is 4.92 Å². The summed E-state index contributed by atoms with van der Waals surface area (Å²) in [6, 6.07) is 7.72. The van der Waals surface area contributed by atoms with E-state index >= 15 is 0 Å². The molecule has 0 aliphatic carbocycles. The van der Waals surface area contributed by atoms with Gasteiger partial charge in [0, 0.05) is 17.8 Å². The van der Waals surface area contributed by atoms with Crippen molar-refractivity contribution >= 4 is 41.3 Å². The number of aryl methyl sites for hydroxylation is 1. The molecule has 0 saturated carbocycles. The Balaban J connectivity index is 1.84. The molecule has 1 aromatic carbocycles. The average molecular weight is 377 g/mol. The molecule has 10 heteroatoms. The van der Waals surface area contributed by atoms with E-state index in [4.69, 9.17) is 0 Å². The van der Waals surface area contributed by atoms with E-state index in [1.165, 1.54) is 41.9 Å². The number of carbonyl (C=O) groups is 1. The number of benzene rings is 1. The van der Waals surface area contributed by atoms with Gasteiger partial charge in [-0.3, -0.25) is 14.9 Å². The Morgan fingerprint density at radius 3 is 2.72 bits per heavy atom. The number of thioether (sulfide) groups is 2. The number of aromatic nitrogens is 2. The van der Waals surface area contributed by atoms with Gasteiger partial charge in [0.05, 0.1) is 16.9 Å². The number of nitrogens with zero attached hydrogens (tertiary/aromatic N) is 4. The standard InChI is InChI=1S/C15H15N5O3S2/c1-10-7-14(24-2)18-15(17-10)25-9-13(21)19-16-8-11-3-5-12(6-4-11)20(22)23/h3-8H,9H2,1-2H3,(H,19,21)/b16-8+. The van der Waals surface area contributed by atoms with E-state index in [2.05, 4.69) is 20.5 Å². The fourth-order valence-electron chi connectivity index (χ4n) is 1.71. The van der Waals surface area contributed by atoms with Gasteiger partial charge in [-0.05, 0) is 36.9 Å². The summed E-state index contributed by atoms with van der Waals surface area (Å²) < 4.78 is 0. The molecular formula is C15H15N5O3S2. The Labute approximate surface area is 152 Å². The van der Waals surface area contributed by atoms with Crippen molar-refractivity contribution in [2.45, 2.75) is 17.1 Å². The maximum Gasteiger partial charge on any atom is 0.269 e. The fourth-order valence-corrected chi connectivity index (χ4v) is 2.93. The Morgan fingerprint density at radius 2 is 2.08 bits per heavy atom. The molecule has 0 fully saturated rings. The lowest BCUT2D eigenvalue weighted by Crippen LogP contribution is -2.19. The van der Waals surface area contributed by atoms with Gasteiger partial charge in [-0.15, -0.1) is 11.8 Å². The molecule has 8 nitrogen and oxygen atoms in total. The SMILES string of the molecule is CSc1cc(C)nc(SCC(=O)N/N=C/c2ccc([N+](=O)[O-])cc2)n1. The average Bonchev–Trinajstić information content (AvgIpc) is 2.60. The first-order valence-electron chi connectivity index (χ1n) is 7.07. The van der Waals surface area contributed by atoms with Gasteiger partial charge in [-0.25, -0.2) is 15.4 Å². The predicted molar refractivity (Wildman–Crippen MR) is 98.1 cm³/mol. The number of nitrogens with one attached hydrogen (secondary N) is 1. The lowest BCUT2D eigenvalue weighted by molar-refractivity contribution is -0.384. The van der Waals surface area contributed by atoms with E-state index in [0.717, 1.165) is 10.7 Å². The van der Waals surface area contributed by atoms with Gasteiger partial charge >= 0.3 is 0 Å². The zero-order valence-corrected chi connectivity index (χ0v) is 15.1. The summed E-state index contributed by atoms with van der Waals surface area (Å²) in [6.07, 6.45) is 3.34. The molecule has 0 aliphatic rings. The number of rotatable bonds is 7. The molecule has 0 atom stereocenters. The van der Waals surface area contributed by atoms with Gasteiger partial charge in [-0.2, -0.15) is 5.10 Å². The van der Waals surface area contributed by atoms with Crippen molar-refractivity contribution in [3.63, 3.8) is 0 Å². The lowest BCUT2D eigenvalue weighted by atomic mass is 10.2. The van der Waals surface area contributed by atoms with Gasteiger partial charge in [-0.1, -0.05) is 11.8 Å². The quantitative estimate of drug-likeness (QED) is 0.197. The topological polar surface area (TPSA) is 110 Å². The van der Waals surface area contributed by atoms with Crippen molar-refractivity contribution in [3.8, 4) is 0 Å². The molecule has 1 aromatic heterocycles. The molecule has 1 heterocycles. The van der Waals surface area contributed by atoms with Crippen molar-refractivity contribution in [3.05, 3.63) is 51.7 Å². The highest BCUT2D eigenvalue weighted by Gasteiger charge is 2.06. The summed E-state index contributed by atoms with van der Waals surface area (Å²) in [7, 11) is 0. The van der Waals surface area contributed by atoms with Gasteiger partial charge in [0.25, 0.3) is 11.6 Å². The van der Waals surface area contributed by atoms with Gasteiger partial charge in [0.2, 0.25) is 0 Å². The molecule has 2 rings (SSSR count). The third-order valence-electron chi connectivity index (χ3n) is 2.86. The van der Waals surface area contributed by atoms with Gasteiger partial charge in [0.15, 0.2) is 5.16 Å². The zero-order valence-electron chi connectivity index (χ0n) is 13.5. The van der Waals surface area contributed by atoms with Crippen LogP contribution >= 0.6 is 23.5 Å². The minimum atomic E-state index is -0.476. The van der Waals surface area contributed by atoms with Crippen molar-refractivity contribution in [1.29, 1.82) is 0 Å². The summed E-state index contributed by atoms with van der Waals surface area (Å²) in [4.78, 5) is 30.5. The Kier molecular flexibility index (Phi) is 6.90. The van der Waals surface area contributed by atoms with Crippen LogP contribution in [-0.2, 0) is 4.79 Å². The highest BCUT2D eigenvalue weighted by Crippen LogP contribution is 2.18. The number of amides is 1. The first kappa shape index (κ1) is 18.9. The Morgan fingerprint density at radius 1 is 1.36 bits per heavy atom. The van der Waals surface area contributed by atoms with E-state index in [1.54, 1.807) is 12.1 Å². The number of nitro groups is 1.